The van der Waals surface area contributed by atoms with Crippen LogP contribution in [0.5, 0.6) is 0 Å². The Hall–Kier alpha value is -1.08. The van der Waals surface area contributed by atoms with Gasteiger partial charge in [-0.1, -0.05) is 47.1 Å². The second-order valence-electron chi connectivity index (χ2n) is 5.03. The van der Waals surface area contributed by atoms with E-state index in [1.54, 1.807) is 6.08 Å². The van der Waals surface area contributed by atoms with E-state index in [1.807, 2.05) is 6.08 Å². The lowest BCUT2D eigenvalue weighted by atomic mass is 10.1. The summed E-state index contributed by atoms with van der Waals surface area (Å²) in [6.07, 6.45) is 14.9. The van der Waals surface area contributed by atoms with Crippen LogP contribution in [0, 0.1) is 0 Å². The fraction of sp³-hybridized carbons (Fsp3) is 0.529. The van der Waals surface area contributed by atoms with Gasteiger partial charge in [-0.15, -0.1) is 0 Å². The minimum Gasteiger partial charge on any atom is -0.392 e. The zero-order chi connectivity index (χ0) is 13.8. The molecule has 18 heavy (non-hydrogen) atoms. The first-order valence-electron chi connectivity index (χ1n) is 6.78. The predicted octanol–water partition coefficient (Wildman–Crippen LogP) is 4.95. The molecule has 1 heteroatoms. The van der Waals surface area contributed by atoms with Crippen LogP contribution >= 0.6 is 0 Å². The standard InChI is InChI=1S/C17H28O/c1-15(2)9-7-11-17(4)13-8-12-16(3)10-5-6-14-18/h5-6,9-10,13,18H,7-8,11-12,14H2,1-4H3/b6-5+,16-10+,17-13+. The van der Waals surface area contributed by atoms with Crippen LogP contribution in [0.25, 0.3) is 0 Å². The molecule has 0 aliphatic heterocycles. The van der Waals surface area contributed by atoms with E-state index in [0.29, 0.717) is 0 Å². The van der Waals surface area contributed by atoms with E-state index in [9.17, 15) is 0 Å². The Morgan fingerprint density at radius 2 is 1.50 bits per heavy atom. The molecule has 0 saturated carbocycles. The van der Waals surface area contributed by atoms with Crippen molar-refractivity contribution >= 4 is 0 Å². The van der Waals surface area contributed by atoms with Crippen LogP contribution in [0.15, 0.2) is 47.1 Å². The molecular formula is C17H28O. The maximum absolute atomic E-state index is 8.62. The topological polar surface area (TPSA) is 20.2 Å². The highest BCUT2D eigenvalue weighted by molar-refractivity contribution is 5.12. The quantitative estimate of drug-likeness (QED) is 0.476. The monoisotopic (exact) mass is 248 g/mol. The average Bonchev–Trinajstić information content (AvgIpc) is 2.29. The maximum atomic E-state index is 8.62. The molecule has 0 unspecified atom stereocenters. The van der Waals surface area contributed by atoms with Crippen LogP contribution in [-0.4, -0.2) is 11.7 Å². The van der Waals surface area contributed by atoms with E-state index in [1.165, 1.54) is 23.1 Å². The van der Waals surface area contributed by atoms with Crippen LogP contribution < -0.4 is 0 Å². The summed E-state index contributed by atoms with van der Waals surface area (Å²) in [5.41, 5.74) is 4.23. The molecule has 0 atom stereocenters. The van der Waals surface area contributed by atoms with Crippen molar-refractivity contribution in [2.45, 2.75) is 53.4 Å². The Labute approximate surface area is 113 Å². The summed E-state index contributed by atoms with van der Waals surface area (Å²) in [5, 5.41) is 8.62. The van der Waals surface area contributed by atoms with Gasteiger partial charge in [0.15, 0.2) is 0 Å². The van der Waals surface area contributed by atoms with Gasteiger partial charge in [0.1, 0.15) is 0 Å². The molecule has 0 bridgehead atoms. The highest BCUT2D eigenvalue weighted by atomic mass is 16.2. The van der Waals surface area contributed by atoms with Gasteiger partial charge in [-0.25, -0.2) is 0 Å². The first-order valence-corrected chi connectivity index (χ1v) is 6.78. The molecule has 0 aromatic rings. The van der Waals surface area contributed by atoms with Crippen molar-refractivity contribution in [3.05, 3.63) is 47.1 Å². The third-order valence-corrected chi connectivity index (χ3v) is 2.74. The normalized spacial score (nSPS) is 13.2. The molecule has 102 valence electrons. The van der Waals surface area contributed by atoms with E-state index in [-0.39, 0.29) is 6.61 Å². The van der Waals surface area contributed by atoms with Crippen LogP contribution in [-0.2, 0) is 0 Å². The minimum absolute atomic E-state index is 0.118. The summed E-state index contributed by atoms with van der Waals surface area (Å²) in [7, 11) is 0. The Morgan fingerprint density at radius 1 is 0.889 bits per heavy atom. The molecule has 0 aromatic heterocycles. The molecule has 0 spiro atoms. The van der Waals surface area contributed by atoms with Gasteiger partial charge in [0.25, 0.3) is 0 Å². The molecule has 0 amide bonds. The first-order chi connectivity index (χ1) is 8.56. The third-order valence-electron chi connectivity index (χ3n) is 2.74. The zero-order valence-corrected chi connectivity index (χ0v) is 12.4. The number of allylic oxidation sites excluding steroid dienone is 7. The van der Waals surface area contributed by atoms with E-state index in [0.717, 1.165) is 19.3 Å². The molecule has 0 heterocycles. The molecule has 1 N–H and O–H groups in total. The lowest BCUT2D eigenvalue weighted by Gasteiger charge is -2.00. The summed E-state index contributed by atoms with van der Waals surface area (Å²) < 4.78 is 0. The van der Waals surface area contributed by atoms with Crippen molar-refractivity contribution in [2.24, 2.45) is 0 Å². The molecule has 0 aromatic carbocycles. The van der Waals surface area contributed by atoms with E-state index >= 15 is 0 Å². The number of aliphatic hydroxyl groups is 1. The summed E-state index contributed by atoms with van der Waals surface area (Å²) in [5.74, 6) is 0. The molecule has 0 saturated heterocycles. The summed E-state index contributed by atoms with van der Waals surface area (Å²) in [6.45, 7) is 8.75. The summed E-state index contributed by atoms with van der Waals surface area (Å²) >= 11 is 0. The molecule has 1 nitrogen and oxygen atoms in total. The fourth-order valence-corrected chi connectivity index (χ4v) is 1.61. The van der Waals surface area contributed by atoms with Crippen molar-refractivity contribution in [1.82, 2.24) is 0 Å². The Kier molecular flexibility index (Phi) is 10.4. The van der Waals surface area contributed by atoms with Gasteiger partial charge < -0.3 is 5.11 Å². The minimum atomic E-state index is 0.118. The Morgan fingerprint density at radius 3 is 2.11 bits per heavy atom. The van der Waals surface area contributed by atoms with Gasteiger partial charge in [0.2, 0.25) is 0 Å². The van der Waals surface area contributed by atoms with Crippen molar-refractivity contribution < 1.29 is 5.11 Å². The second-order valence-corrected chi connectivity index (χ2v) is 5.03. The Balaban J connectivity index is 3.89. The van der Waals surface area contributed by atoms with Gasteiger partial charge in [-0.05, 0) is 53.4 Å². The molecule has 0 radical (unpaired) electrons. The molecule has 0 aliphatic rings. The van der Waals surface area contributed by atoms with Gasteiger partial charge in [0, 0.05) is 0 Å². The number of hydrogen-bond donors (Lipinski definition) is 1. The van der Waals surface area contributed by atoms with Crippen LogP contribution in [0.2, 0.25) is 0 Å². The molecule has 0 fully saturated rings. The predicted molar refractivity (Wildman–Crippen MR) is 81.6 cm³/mol. The zero-order valence-electron chi connectivity index (χ0n) is 12.4. The van der Waals surface area contributed by atoms with Crippen molar-refractivity contribution in [2.75, 3.05) is 6.61 Å². The van der Waals surface area contributed by atoms with Crippen molar-refractivity contribution in [3.63, 3.8) is 0 Å². The van der Waals surface area contributed by atoms with Gasteiger partial charge in [-0.3, -0.25) is 0 Å². The molecule has 0 aliphatic carbocycles. The summed E-state index contributed by atoms with van der Waals surface area (Å²) in [4.78, 5) is 0. The maximum Gasteiger partial charge on any atom is 0.0615 e. The third kappa shape index (κ3) is 11.4. The molecule has 0 rings (SSSR count). The van der Waals surface area contributed by atoms with Crippen LogP contribution in [0.1, 0.15) is 53.4 Å². The second kappa shape index (κ2) is 11.0. The van der Waals surface area contributed by atoms with Crippen LogP contribution in [0.3, 0.4) is 0 Å². The number of aliphatic hydroxyl groups excluding tert-OH is 1. The van der Waals surface area contributed by atoms with Crippen molar-refractivity contribution in [3.8, 4) is 0 Å². The highest BCUT2D eigenvalue weighted by Gasteiger charge is 1.91. The Bertz CT molecular complexity index is 326. The van der Waals surface area contributed by atoms with E-state index in [2.05, 4.69) is 45.9 Å². The first kappa shape index (κ1) is 16.9. The van der Waals surface area contributed by atoms with Crippen LogP contribution in [0.4, 0.5) is 0 Å². The smallest absolute Gasteiger partial charge is 0.0615 e. The fourth-order valence-electron chi connectivity index (χ4n) is 1.61. The van der Waals surface area contributed by atoms with E-state index in [4.69, 9.17) is 5.11 Å². The molecular weight excluding hydrogens is 220 g/mol. The van der Waals surface area contributed by atoms with Gasteiger partial charge in [0.05, 0.1) is 6.61 Å². The SMILES string of the molecule is CC(C)=CCC/C(C)=C/CC/C(C)=C/C=C/CO. The van der Waals surface area contributed by atoms with Crippen molar-refractivity contribution in [1.29, 1.82) is 0 Å². The lowest BCUT2D eigenvalue weighted by Crippen LogP contribution is -1.80. The highest BCUT2D eigenvalue weighted by Crippen LogP contribution is 2.11. The van der Waals surface area contributed by atoms with E-state index < -0.39 is 0 Å². The lowest BCUT2D eigenvalue weighted by molar-refractivity contribution is 0.343. The number of hydrogen-bond acceptors (Lipinski definition) is 1. The van der Waals surface area contributed by atoms with Gasteiger partial charge in [-0.2, -0.15) is 0 Å². The van der Waals surface area contributed by atoms with Gasteiger partial charge >= 0.3 is 0 Å². The number of rotatable bonds is 8. The average molecular weight is 248 g/mol. The summed E-state index contributed by atoms with van der Waals surface area (Å²) in [6, 6.07) is 0. The largest absolute Gasteiger partial charge is 0.392 e.